The molecule has 3 aromatic rings. The number of nitrogens with one attached hydrogen (secondary N) is 1. The fourth-order valence-electron chi connectivity index (χ4n) is 3.75. The number of nitrogens with zero attached hydrogens (tertiary/aromatic N) is 2. The van der Waals surface area contributed by atoms with Crippen molar-refractivity contribution in [2.75, 3.05) is 32.8 Å². The maximum atomic E-state index is 13.1. The third-order valence-electron chi connectivity index (χ3n) is 5.50. The first kappa shape index (κ1) is 22.8. The Morgan fingerprint density at radius 3 is 2.45 bits per heavy atom. The second-order valence-electron chi connectivity index (χ2n) is 7.83. The van der Waals surface area contributed by atoms with Crippen molar-refractivity contribution in [1.82, 2.24) is 15.2 Å². The van der Waals surface area contributed by atoms with Gasteiger partial charge < -0.3 is 15.0 Å². The zero-order valence-corrected chi connectivity index (χ0v) is 19.0. The van der Waals surface area contributed by atoms with E-state index in [4.69, 9.17) is 9.72 Å². The van der Waals surface area contributed by atoms with Crippen LogP contribution in [0.15, 0.2) is 54.6 Å². The summed E-state index contributed by atoms with van der Waals surface area (Å²) in [5, 5.41) is 4.00. The first-order valence-corrected chi connectivity index (χ1v) is 11.2. The Labute approximate surface area is 185 Å². The van der Waals surface area contributed by atoms with Crippen molar-refractivity contribution in [2.24, 2.45) is 5.92 Å². The molecule has 1 N–H and O–H groups in total. The van der Waals surface area contributed by atoms with E-state index in [2.05, 4.69) is 31.0 Å². The minimum absolute atomic E-state index is 0.0582. The number of amides is 1. The molecule has 1 atom stereocenters. The minimum Gasteiger partial charge on any atom is -0.494 e. The van der Waals surface area contributed by atoms with Crippen molar-refractivity contribution >= 4 is 16.8 Å². The molecule has 3 rings (SSSR count). The molecule has 2 aromatic carbocycles. The Hall–Kier alpha value is -2.92. The molecule has 0 aliphatic rings. The summed E-state index contributed by atoms with van der Waals surface area (Å²) in [4.78, 5) is 20.3. The monoisotopic (exact) mass is 419 g/mol. The number of pyridine rings is 1. The van der Waals surface area contributed by atoms with E-state index in [1.54, 1.807) is 0 Å². The predicted molar refractivity (Wildman–Crippen MR) is 128 cm³/mol. The van der Waals surface area contributed by atoms with E-state index in [9.17, 15) is 4.79 Å². The van der Waals surface area contributed by atoms with E-state index in [-0.39, 0.29) is 5.91 Å². The topological polar surface area (TPSA) is 54.5 Å². The largest absolute Gasteiger partial charge is 0.494 e. The number of ether oxygens (including phenoxy) is 1. The van der Waals surface area contributed by atoms with Gasteiger partial charge in [0.25, 0.3) is 5.91 Å². The van der Waals surface area contributed by atoms with Crippen molar-refractivity contribution in [3.05, 3.63) is 60.2 Å². The van der Waals surface area contributed by atoms with Crippen molar-refractivity contribution in [1.29, 1.82) is 0 Å². The normalized spacial score (nSPS) is 12.2. The molecule has 0 fully saturated rings. The van der Waals surface area contributed by atoms with Gasteiger partial charge >= 0.3 is 0 Å². The molecule has 1 heterocycles. The molecule has 0 radical (unpaired) electrons. The quantitative estimate of drug-likeness (QED) is 0.502. The van der Waals surface area contributed by atoms with Gasteiger partial charge in [0.2, 0.25) is 0 Å². The van der Waals surface area contributed by atoms with Crippen molar-refractivity contribution in [2.45, 2.75) is 27.7 Å². The average molecular weight is 420 g/mol. The number of hydrogen-bond donors (Lipinski definition) is 1. The summed E-state index contributed by atoms with van der Waals surface area (Å²) >= 11 is 0. The number of carbonyl (C=O) groups excluding carboxylic acids is 1. The zero-order valence-electron chi connectivity index (χ0n) is 19.0. The summed E-state index contributed by atoms with van der Waals surface area (Å²) in [5.41, 5.74) is 3.21. The van der Waals surface area contributed by atoms with E-state index in [1.165, 1.54) is 0 Å². The van der Waals surface area contributed by atoms with E-state index in [0.29, 0.717) is 24.6 Å². The van der Waals surface area contributed by atoms with Crippen LogP contribution < -0.4 is 10.1 Å². The summed E-state index contributed by atoms with van der Waals surface area (Å²) in [6.07, 6.45) is 0. The van der Waals surface area contributed by atoms with Crippen LogP contribution in [0.3, 0.4) is 0 Å². The summed E-state index contributed by atoms with van der Waals surface area (Å²) in [6.45, 7) is 12.8. The average Bonchev–Trinajstić information content (AvgIpc) is 2.81. The van der Waals surface area contributed by atoms with Crippen LogP contribution in [0.4, 0.5) is 0 Å². The molecule has 0 bridgehead atoms. The molecule has 1 aromatic heterocycles. The van der Waals surface area contributed by atoms with Crippen LogP contribution in [0, 0.1) is 5.92 Å². The lowest BCUT2D eigenvalue weighted by Gasteiger charge is -2.23. The summed E-state index contributed by atoms with van der Waals surface area (Å²) < 4.78 is 5.54. The Kier molecular flexibility index (Phi) is 8.01. The fraction of sp³-hybridized carbons (Fsp3) is 0.385. The van der Waals surface area contributed by atoms with Gasteiger partial charge in [0.1, 0.15) is 5.75 Å². The third kappa shape index (κ3) is 5.82. The Morgan fingerprint density at radius 1 is 1.06 bits per heavy atom. The van der Waals surface area contributed by atoms with Gasteiger partial charge in [-0.25, -0.2) is 4.98 Å². The number of hydrogen-bond acceptors (Lipinski definition) is 4. The van der Waals surface area contributed by atoms with Crippen molar-refractivity contribution < 1.29 is 9.53 Å². The van der Waals surface area contributed by atoms with Crippen LogP contribution in [-0.4, -0.2) is 48.6 Å². The lowest BCUT2D eigenvalue weighted by molar-refractivity contribution is 0.0946. The lowest BCUT2D eigenvalue weighted by Crippen LogP contribution is -2.35. The Morgan fingerprint density at radius 2 is 1.77 bits per heavy atom. The third-order valence-corrected chi connectivity index (χ3v) is 5.50. The summed E-state index contributed by atoms with van der Waals surface area (Å²) in [5.74, 6) is 1.15. The summed E-state index contributed by atoms with van der Waals surface area (Å²) in [6, 6.07) is 17.5. The van der Waals surface area contributed by atoms with E-state index < -0.39 is 0 Å². The van der Waals surface area contributed by atoms with Crippen molar-refractivity contribution in [3.63, 3.8) is 0 Å². The maximum absolute atomic E-state index is 13.1. The molecule has 1 amide bonds. The molecule has 0 saturated heterocycles. The van der Waals surface area contributed by atoms with Crippen LogP contribution in [0.2, 0.25) is 0 Å². The van der Waals surface area contributed by atoms with Crippen molar-refractivity contribution in [3.8, 4) is 17.0 Å². The standard InChI is InChI=1S/C26H33N3O2/c1-5-29(6-2)18-19(4)17-27-26(30)23-16-25(28-24-11-9-8-10-22(23)24)20-12-14-21(15-13-20)31-7-3/h8-16,19H,5-7,17-18H2,1-4H3,(H,27,30)/t19-/m0/s1. The molecule has 5 heteroatoms. The highest BCUT2D eigenvalue weighted by molar-refractivity contribution is 6.07. The van der Waals surface area contributed by atoms with Gasteiger partial charge in [0, 0.05) is 24.0 Å². The SMILES string of the molecule is CCOc1ccc(-c2cc(C(=O)NC[C@H](C)CN(CC)CC)c3ccccc3n2)cc1. The van der Waals surface area contributed by atoms with E-state index in [0.717, 1.165) is 47.5 Å². The van der Waals surface area contributed by atoms with Crippen LogP contribution in [0.1, 0.15) is 38.1 Å². The molecule has 0 unspecified atom stereocenters. The highest BCUT2D eigenvalue weighted by Crippen LogP contribution is 2.26. The molecule has 0 saturated carbocycles. The lowest BCUT2D eigenvalue weighted by atomic mass is 10.0. The molecule has 0 spiro atoms. The molecule has 164 valence electrons. The Balaban J connectivity index is 1.84. The number of carbonyl (C=O) groups is 1. The van der Waals surface area contributed by atoms with Gasteiger partial charge in [-0.2, -0.15) is 0 Å². The first-order valence-electron chi connectivity index (χ1n) is 11.2. The second-order valence-corrected chi connectivity index (χ2v) is 7.83. The van der Waals surface area contributed by atoms with Gasteiger partial charge in [-0.05, 0) is 62.3 Å². The molecule has 31 heavy (non-hydrogen) atoms. The summed E-state index contributed by atoms with van der Waals surface area (Å²) in [7, 11) is 0. The zero-order chi connectivity index (χ0) is 22.2. The van der Waals surface area contributed by atoms with Gasteiger partial charge in [0.15, 0.2) is 0 Å². The number of rotatable bonds is 10. The van der Waals surface area contributed by atoms with Crippen LogP contribution in [0.5, 0.6) is 5.75 Å². The number of aromatic nitrogens is 1. The smallest absolute Gasteiger partial charge is 0.252 e. The highest BCUT2D eigenvalue weighted by atomic mass is 16.5. The number of para-hydroxylation sites is 1. The molecule has 0 aliphatic heterocycles. The van der Waals surface area contributed by atoms with Gasteiger partial charge in [0.05, 0.1) is 23.4 Å². The molecular formula is C26H33N3O2. The molecular weight excluding hydrogens is 386 g/mol. The predicted octanol–water partition coefficient (Wildman–Crippen LogP) is 5.01. The van der Waals surface area contributed by atoms with E-state index in [1.807, 2.05) is 61.5 Å². The highest BCUT2D eigenvalue weighted by Gasteiger charge is 2.15. The fourth-order valence-corrected chi connectivity index (χ4v) is 3.75. The first-order chi connectivity index (χ1) is 15.0. The Bertz CT molecular complexity index is 997. The van der Waals surface area contributed by atoms with Crippen LogP contribution in [0.25, 0.3) is 22.2 Å². The maximum Gasteiger partial charge on any atom is 0.252 e. The van der Waals surface area contributed by atoms with Gasteiger partial charge in [-0.1, -0.05) is 39.0 Å². The van der Waals surface area contributed by atoms with Gasteiger partial charge in [-0.3, -0.25) is 4.79 Å². The van der Waals surface area contributed by atoms with Gasteiger partial charge in [-0.15, -0.1) is 0 Å². The molecule has 5 nitrogen and oxygen atoms in total. The number of fused-ring (bicyclic) bond motifs is 1. The van der Waals surface area contributed by atoms with Crippen LogP contribution in [-0.2, 0) is 0 Å². The van der Waals surface area contributed by atoms with Crippen LogP contribution >= 0.6 is 0 Å². The number of benzene rings is 2. The minimum atomic E-state index is -0.0582. The second kappa shape index (κ2) is 10.9. The molecule has 0 aliphatic carbocycles. The van der Waals surface area contributed by atoms with E-state index >= 15 is 0 Å².